The van der Waals surface area contributed by atoms with Gasteiger partial charge in [0.1, 0.15) is 0 Å². The smallest absolute Gasteiger partial charge is 0.0144 e. The van der Waals surface area contributed by atoms with Gasteiger partial charge >= 0.3 is 0 Å². The minimum absolute atomic E-state index is 1.03. The van der Waals surface area contributed by atoms with Gasteiger partial charge in [0, 0.05) is 5.03 Å². The molecule has 50 valence electrons. The Morgan fingerprint density at radius 1 is 1.11 bits per heavy atom. The van der Waals surface area contributed by atoms with Crippen LogP contribution in [-0.2, 0) is 0 Å². The maximum absolute atomic E-state index is 5.82. The molecule has 0 radical (unpaired) electrons. The van der Waals surface area contributed by atoms with E-state index in [1.807, 2.05) is 0 Å². The molecule has 0 heterocycles. The molecule has 0 spiro atoms. The monoisotopic (exact) mass is 142 g/mol. The summed E-state index contributed by atoms with van der Waals surface area (Å²) < 4.78 is 0. The van der Waals surface area contributed by atoms with Gasteiger partial charge in [-0.3, -0.25) is 0 Å². The molecule has 0 bridgehead atoms. The third-order valence-electron chi connectivity index (χ3n) is 1.42. The van der Waals surface area contributed by atoms with E-state index in [2.05, 4.69) is 18.2 Å². The molecule has 9 heavy (non-hydrogen) atoms. The Kier molecular flexibility index (Phi) is 2.85. The van der Waals surface area contributed by atoms with E-state index in [1.54, 1.807) is 0 Å². The number of hydrogen-bond acceptors (Lipinski definition) is 0. The van der Waals surface area contributed by atoms with Crippen LogP contribution in [0.2, 0.25) is 0 Å². The summed E-state index contributed by atoms with van der Waals surface area (Å²) >= 11 is 5.82. The van der Waals surface area contributed by atoms with Crippen molar-refractivity contribution in [3.05, 3.63) is 23.3 Å². The first-order chi connectivity index (χ1) is 4.39. The van der Waals surface area contributed by atoms with E-state index in [-0.39, 0.29) is 0 Å². The minimum atomic E-state index is 1.03. The van der Waals surface area contributed by atoms with E-state index in [0.29, 0.717) is 0 Å². The molecule has 1 heteroatoms. The van der Waals surface area contributed by atoms with Gasteiger partial charge in [-0.2, -0.15) is 0 Å². The fourth-order valence-corrected chi connectivity index (χ4v) is 1.11. The van der Waals surface area contributed by atoms with Crippen LogP contribution in [0.25, 0.3) is 0 Å². The van der Waals surface area contributed by atoms with Crippen LogP contribution in [-0.4, -0.2) is 0 Å². The quantitative estimate of drug-likeness (QED) is 0.456. The van der Waals surface area contributed by atoms with E-state index in [0.717, 1.165) is 30.7 Å². The summed E-state index contributed by atoms with van der Waals surface area (Å²) in [5.74, 6) is 0. The standard InChI is InChI=1S/C8H11Cl/c9-8-6-4-2-1-3-5-7-8/h1-2,7H,3-6H2/b2-1-,8-7?. The van der Waals surface area contributed by atoms with Crippen LogP contribution in [0.15, 0.2) is 23.3 Å². The minimum Gasteiger partial charge on any atom is -0.0895 e. The van der Waals surface area contributed by atoms with Crippen LogP contribution in [0, 0.1) is 0 Å². The third-order valence-corrected chi connectivity index (χ3v) is 1.76. The van der Waals surface area contributed by atoms with Crippen molar-refractivity contribution in [2.24, 2.45) is 0 Å². The molecule has 0 nitrogen and oxygen atoms in total. The molecule has 0 saturated carbocycles. The van der Waals surface area contributed by atoms with Crippen LogP contribution < -0.4 is 0 Å². The second kappa shape index (κ2) is 3.73. The second-order valence-electron chi connectivity index (χ2n) is 2.24. The van der Waals surface area contributed by atoms with Crippen molar-refractivity contribution < 1.29 is 0 Å². The van der Waals surface area contributed by atoms with E-state index in [4.69, 9.17) is 11.6 Å². The van der Waals surface area contributed by atoms with Crippen LogP contribution in [0.4, 0.5) is 0 Å². The number of hydrogen-bond donors (Lipinski definition) is 0. The predicted octanol–water partition coefficient (Wildman–Crippen LogP) is 3.24. The molecule has 0 aliphatic heterocycles. The van der Waals surface area contributed by atoms with E-state index in [9.17, 15) is 0 Å². The van der Waals surface area contributed by atoms with Gasteiger partial charge in [-0.25, -0.2) is 0 Å². The lowest BCUT2D eigenvalue weighted by Crippen LogP contribution is -1.77. The van der Waals surface area contributed by atoms with E-state index >= 15 is 0 Å². The van der Waals surface area contributed by atoms with Gasteiger partial charge in [0.05, 0.1) is 0 Å². The van der Waals surface area contributed by atoms with Gasteiger partial charge in [0.15, 0.2) is 0 Å². The molecule has 0 aromatic carbocycles. The Bertz CT molecular complexity index is 134. The molecule has 0 aromatic rings. The van der Waals surface area contributed by atoms with Crippen LogP contribution in [0.3, 0.4) is 0 Å². The Morgan fingerprint density at radius 3 is 2.78 bits per heavy atom. The zero-order valence-electron chi connectivity index (χ0n) is 5.44. The van der Waals surface area contributed by atoms with E-state index < -0.39 is 0 Å². The van der Waals surface area contributed by atoms with Gasteiger partial charge in [-0.1, -0.05) is 29.8 Å². The molecule has 1 aliphatic carbocycles. The van der Waals surface area contributed by atoms with Crippen molar-refractivity contribution in [3.63, 3.8) is 0 Å². The van der Waals surface area contributed by atoms with Crippen molar-refractivity contribution in [1.82, 2.24) is 0 Å². The highest BCUT2D eigenvalue weighted by Gasteiger charge is 1.92. The molecular formula is C8H11Cl. The molecule has 1 aliphatic rings. The number of rotatable bonds is 0. The first kappa shape index (κ1) is 6.88. The summed E-state index contributed by atoms with van der Waals surface area (Å²) in [5, 5.41) is 1.03. The normalized spacial score (nSPS) is 23.9. The van der Waals surface area contributed by atoms with Crippen LogP contribution >= 0.6 is 11.6 Å². The first-order valence-electron chi connectivity index (χ1n) is 3.39. The SMILES string of the molecule is ClC1=CCC/C=C\CC1. The molecular weight excluding hydrogens is 132 g/mol. The summed E-state index contributed by atoms with van der Waals surface area (Å²) in [5.41, 5.74) is 0. The summed E-state index contributed by atoms with van der Waals surface area (Å²) in [6.45, 7) is 0. The highest BCUT2D eigenvalue weighted by molar-refractivity contribution is 6.29. The highest BCUT2D eigenvalue weighted by Crippen LogP contribution is 2.14. The lowest BCUT2D eigenvalue weighted by molar-refractivity contribution is 0.949. The Balaban J connectivity index is 2.41. The molecule has 0 unspecified atom stereocenters. The van der Waals surface area contributed by atoms with Gasteiger partial charge in [0.25, 0.3) is 0 Å². The maximum atomic E-state index is 5.82. The maximum Gasteiger partial charge on any atom is 0.0144 e. The zero-order chi connectivity index (χ0) is 6.53. The predicted molar refractivity (Wildman–Crippen MR) is 41.5 cm³/mol. The lowest BCUT2D eigenvalue weighted by Gasteiger charge is -1.98. The molecule has 0 amide bonds. The first-order valence-corrected chi connectivity index (χ1v) is 3.77. The summed E-state index contributed by atoms with van der Waals surface area (Å²) in [6, 6.07) is 0. The van der Waals surface area contributed by atoms with Gasteiger partial charge in [-0.15, -0.1) is 0 Å². The Hall–Kier alpha value is -0.230. The summed E-state index contributed by atoms with van der Waals surface area (Å²) in [7, 11) is 0. The Morgan fingerprint density at radius 2 is 1.89 bits per heavy atom. The van der Waals surface area contributed by atoms with Crippen LogP contribution in [0.1, 0.15) is 25.7 Å². The molecule has 1 rings (SSSR count). The molecule has 0 N–H and O–H groups in total. The molecule has 0 atom stereocenters. The fraction of sp³-hybridized carbons (Fsp3) is 0.500. The van der Waals surface area contributed by atoms with Gasteiger partial charge < -0.3 is 0 Å². The van der Waals surface area contributed by atoms with E-state index in [1.165, 1.54) is 0 Å². The second-order valence-corrected chi connectivity index (χ2v) is 2.72. The van der Waals surface area contributed by atoms with Crippen molar-refractivity contribution in [3.8, 4) is 0 Å². The van der Waals surface area contributed by atoms with Gasteiger partial charge in [0.2, 0.25) is 0 Å². The van der Waals surface area contributed by atoms with Crippen molar-refractivity contribution >= 4 is 11.6 Å². The summed E-state index contributed by atoms with van der Waals surface area (Å²) in [6.07, 6.45) is 10.9. The molecule has 0 fully saturated rings. The average molecular weight is 143 g/mol. The van der Waals surface area contributed by atoms with Crippen molar-refractivity contribution in [2.75, 3.05) is 0 Å². The largest absolute Gasteiger partial charge is 0.0895 e. The fourth-order valence-electron chi connectivity index (χ4n) is 0.895. The van der Waals surface area contributed by atoms with Crippen molar-refractivity contribution in [2.45, 2.75) is 25.7 Å². The third kappa shape index (κ3) is 2.71. The zero-order valence-corrected chi connectivity index (χ0v) is 6.19. The number of allylic oxidation sites excluding steroid dienone is 4. The highest BCUT2D eigenvalue weighted by atomic mass is 35.5. The molecule has 0 aromatic heterocycles. The average Bonchev–Trinajstić information content (AvgIpc) is 1.79. The van der Waals surface area contributed by atoms with Crippen LogP contribution in [0.5, 0.6) is 0 Å². The van der Waals surface area contributed by atoms with Gasteiger partial charge in [-0.05, 0) is 25.7 Å². The lowest BCUT2D eigenvalue weighted by atomic mass is 10.1. The Labute approximate surface area is 61.2 Å². The topological polar surface area (TPSA) is 0 Å². The summed E-state index contributed by atoms with van der Waals surface area (Å²) in [4.78, 5) is 0. The molecule has 0 saturated heterocycles. The number of halogens is 1. The van der Waals surface area contributed by atoms with Crippen molar-refractivity contribution in [1.29, 1.82) is 0 Å².